The minimum atomic E-state index is 0.718. The first kappa shape index (κ1) is 14.4. The first-order chi connectivity index (χ1) is 9.79. The fourth-order valence-corrected chi connectivity index (χ4v) is 4.44. The number of rotatable bonds is 4. The lowest BCUT2D eigenvalue weighted by molar-refractivity contribution is 0.245. The number of piperidine rings is 2. The van der Waals surface area contributed by atoms with Crippen molar-refractivity contribution in [3.8, 4) is 0 Å². The number of benzene rings is 1. The van der Waals surface area contributed by atoms with Crippen LogP contribution in [0.25, 0.3) is 0 Å². The van der Waals surface area contributed by atoms with Crippen LogP contribution < -0.4 is 10.2 Å². The lowest BCUT2D eigenvalue weighted by atomic mass is 9.81. The third-order valence-electron chi connectivity index (χ3n) is 4.79. The van der Waals surface area contributed by atoms with Crippen molar-refractivity contribution >= 4 is 21.6 Å². The summed E-state index contributed by atoms with van der Waals surface area (Å²) in [6, 6.07) is 10.9. The number of halogens is 1. The molecular formula is C17H25BrN2. The van der Waals surface area contributed by atoms with Crippen molar-refractivity contribution in [3.05, 3.63) is 28.7 Å². The summed E-state index contributed by atoms with van der Waals surface area (Å²) < 4.78 is 1.25. The fourth-order valence-electron chi connectivity index (χ4n) is 3.95. The third-order valence-corrected chi connectivity index (χ3v) is 5.46. The molecule has 2 fully saturated rings. The summed E-state index contributed by atoms with van der Waals surface area (Å²) in [5.41, 5.74) is 1.40. The molecule has 1 aromatic rings. The highest BCUT2D eigenvalue weighted by molar-refractivity contribution is 9.10. The molecule has 0 saturated carbocycles. The molecule has 1 N–H and O–H groups in total. The quantitative estimate of drug-likeness (QED) is 0.879. The van der Waals surface area contributed by atoms with Crippen LogP contribution >= 0.6 is 15.9 Å². The number of para-hydroxylation sites is 1. The van der Waals surface area contributed by atoms with Crippen LogP contribution in [0.1, 0.15) is 45.4 Å². The normalized spacial score (nSPS) is 29.5. The van der Waals surface area contributed by atoms with Gasteiger partial charge in [0.1, 0.15) is 0 Å². The van der Waals surface area contributed by atoms with Gasteiger partial charge in [-0.2, -0.15) is 0 Å². The number of anilines is 1. The second-order valence-electron chi connectivity index (χ2n) is 6.22. The van der Waals surface area contributed by atoms with Gasteiger partial charge in [-0.05, 0) is 73.1 Å². The molecule has 110 valence electrons. The minimum absolute atomic E-state index is 0.718. The average Bonchev–Trinajstić information content (AvgIpc) is 2.45. The topological polar surface area (TPSA) is 15.3 Å². The Bertz CT molecular complexity index is 434. The average molecular weight is 337 g/mol. The number of hydrogen-bond acceptors (Lipinski definition) is 2. The van der Waals surface area contributed by atoms with E-state index >= 15 is 0 Å². The molecule has 2 heterocycles. The lowest BCUT2D eigenvalue weighted by Gasteiger charge is -2.50. The summed E-state index contributed by atoms with van der Waals surface area (Å²) in [5, 5.41) is 3.75. The van der Waals surface area contributed by atoms with E-state index in [-0.39, 0.29) is 0 Å². The van der Waals surface area contributed by atoms with E-state index in [2.05, 4.69) is 57.3 Å². The molecule has 20 heavy (non-hydrogen) atoms. The molecule has 0 spiro atoms. The van der Waals surface area contributed by atoms with Crippen molar-refractivity contribution in [1.29, 1.82) is 0 Å². The summed E-state index contributed by atoms with van der Waals surface area (Å²) in [4.78, 5) is 2.71. The first-order valence-corrected chi connectivity index (χ1v) is 8.85. The van der Waals surface area contributed by atoms with Crippen LogP contribution in [0.15, 0.2) is 28.7 Å². The van der Waals surface area contributed by atoms with Crippen molar-refractivity contribution in [2.75, 3.05) is 11.4 Å². The largest absolute Gasteiger partial charge is 0.365 e. The molecule has 2 unspecified atom stereocenters. The monoisotopic (exact) mass is 336 g/mol. The van der Waals surface area contributed by atoms with Gasteiger partial charge in [0.2, 0.25) is 0 Å². The maximum Gasteiger partial charge on any atom is 0.0515 e. The minimum Gasteiger partial charge on any atom is -0.365 e. The van der Waals surface area contributed by atoms with Crippen LogP contribution in [0.4, 0.5) is 5.69 Å². The molecule has 2 nitrogen and oxygen atoms in total. The van der Waals surface area contributed by atoms with Crippen LogP contribution in [0, 0.1) is 0 Å². The summed E-state index contributed by atoms with van der Waals surface area (Å²) >= 11 is 3.74. The Morgan fingerprint density at radius 2 is 1.90 bits per heavy atom. The Hall–Kier alpha value is -0.540. The zero-order valence-corrected chi connectivity index (χ0v) is 13.9. The fraction of sp³-hybridized carbons (Fsp3) is 0.647. The Labute approximate surface area is 131 Å². The molecular weight excluding hydrogens is 312 g/mol. The van der Waals surface area contributed by atoms with Crippen molar-refractivity contribution < 1.29 is 0 Å². The summed E-state index contributed by atoms with van der Waals surface area (Å²) in [6.07, 6.45) is 7.94. The molecule has 3 heteroatoms. The Kier molecular flexibility index (Phi) is 4.67. The van der Waals surface area contributed by atoms with Crippen molar-refractivity contribution in [1.82, 2.24) is 5.32 Å². The van der Waals surface area contributed by atoms with Crippen LogP contribution in [-0.4, -0.2) is 24.7 Å². The summed E-state index contributed by atoms with van der Waals surface area (Å²) in [5.74, 6) is 0. The second kappa shape index (κ2) is 6.48. The van der Waals surface area contributed by atoms with E-state index in [4.69, 9.17) is 0 Å². The smallest absolute Gasteiger partial charge is 0.0515 e. The molecule has 1 aromatic carbocycles. The van der Waals surface area contributed by atoms with Crippen molar-refractivity contribution in [2.24, 2.45) is 0 Å². The van der Waals surface area contributed by atoms with E-state index in [9.17, 15) is 0 Å². The highest BCUT2D eigenvalue weighted by Gasteiger charge is 2.38. The van der Waals surface area contributed by atoms with Gasteiger partial charge in [-0.25, -0.2) is 0 Å². The molecule has 3 rings (SSSR count). The van der Waals surface area contributed by atoms with E-state index in [1.54, 1.807) is 0 Å². The highest BCUT2D eigenvalue weighted by atomic mass is 79.9. The highest BCUT2D eigenvalue weighted by Crippen LogP contribution is 2.40. The molecule has 0 aliphatic carbocycles. The molecule has 2 atom stereocenters. The van der Waals surface area contributed by atoms with E-state index in [0.717, 1.165) is 18.1 Å². The molecule has 2 aliphatic rings. The van der Waals surface area contributed by atoms with E-state index < -0.39 is 0 Å². The molecule has 2 bridgehead atoms. The number of hydrogen-bond donors (Lipinski definition) is 1. The van der Waals surface area contributed by atoms with Gasteiger partial charge in [-0.15, -0.1) is 0 Å². The molecule has 0 amide bonds. The van der Waals surface area contributed by atoms with Gasteiger partial charge in [-0.3, -0.25) is 0 Å². The summed E-state index contributed by atoms with van der Waals surface area (Å²) in [6.45, 7) is 3.42. The predicted molar refractivity (Wildman–Crippen MR) is 89.4 cm³/mol. The molecule has 2 saturated heterocycles. The predicted octanol–water partition coefficient (Wildman–Crippen LogP) is 4.34. The van der Waals surface area contributed by atoms with Gasteiger partial charge in [-0.1, -0.05) is 19.1 Å². The van der Waals surface area contributed by atoms with Crippen molar-refractivity contribution in [2.45, 2.75) is 63.6 Å². The van der Waals surface area contributed by atoms with Gasteiger partial charge < -0.3 is 10.2 Å². The van der Waals surface area contributed by atoms with Gasteiger partial charge in [0.15, 0.2) is 0 Å². The standard InChI is InChI=1S/C17H25BrN2/c1-2-10-19-13-11-14-6-5-7-15(12-13)20(14)17-9-4-3-8-16(17)18/h3-4,8-9,13-15,19H,2,5-7,10-12H2,1H3. The van der Waals surface area contributed by atoms with Crippen LogP contribution in [-0.2, 0) is 0 Å². The van der Waals surface area contributed by atoms with E-state index in [0.29, 0.717) is 0 Å². The Balaban J connectivity index is 1.78. The zero-order valence-electron chi connectivity index (χ0n) is 12.3. The number of nitrogens with zero attached hydrogens (tertiary/aromatic N) is 1. The molecule has 0 aromatic heterocycles. The van der Waals surface area contributed by atoms with E-state index in [1.807, 2.05) is 0 Å². The third kappa shape index (κ3) is 2.89. The Morgan fingerprint density at radius 3 is 2.55 bits per heavy atom. The first-order valence-electron chi connectivity index (χ1n) is 8.06. The summed E-state index contributed by atoms with van der Waals surface area (Å²) in [7, 11) is 0. The van der Waals surface area contributed by atoms with Crippen molar-refractivity contribution in [3.63, 3.8) is 0 Å². The van der Waals surface area contributed by atoms with Crippen LogP contribution in [0.5, 0.6) is 0 Å². The van der Waals surface area contributed by atoms with Gasteiger partial charge in [0.05, 0.1) is 5.69 Å². The lowest BCUT2D eigenvalue weighted by Crippen LogP contribution is -2.56. The number of nitrogens with one attached hydrogen (secondary N) is 1. The van der Waals surface area contributed by atoms with Gasteiger partial charge in [0, 0.05) is 22.6 Å². The van der Waals surface area contributed by atoms with E-state index in [1.165, 1.54) is 55.2 Å². The SMILES string of the molecule is CCCNC1CC2CCCC(C1)N2c1ccccc1Br. The zero-order chi connectivity index (χ0) is 13.9. The Morgan fingerprint density at radius 1 is 1.20 bits per heavy atom. The second-order valence-corrected chi connectivity index (χ2v) is 7.07. The molecule has 0 radical (unpaired) electrons. The van der Waals surface area contributed by atoms with Crippen LogP contribution in [0.2, 0.25) is 0 Å². The maximum absolute atomic E-state index is 3.75. The van der Waals surface area contributed by atoms with Gasteiger partial charge in [0.25, 0.3) is 0 Å². The van der Waals surface area contributed by atoms with Crippen LogP contribution in [0.3, 0.4) is 0 Å². The number of fused-ring (bicyclic) bond motifs is 2. The van der Waals surface area contributed by atoms with Gasteiger partial charge >= 0.3 is 0 Å². The maximum atomic E-state index is 3.75. The molecule has 2 aliphatic heterocycles.